The van der Waals surface area contributed by atoms with Crippen molar-refractivity contribution in [1.82, 2.24) is 15.0 Å². The van der Waals surface area contributed by atoms with Gasteiger partial charge in [-0.15, -0.1) is 16.9 Å². The second kappa shape index (κ2) is 9.05. The first-order valence-electron chi connectivity index (χ1n) is 8.08. The fourth-order valence-corrected chi connectivity index (χ4v) is 3.02. The Morgan fingerprint density at radius 2 is 1.88 bits per heavy atom. The Morgan fingerprint density at radius 3 is 2.62 bits per heavy atom. The Labute approximate surface area is 156 Å². The van der Waals surface area contributed by atoms with E-state index < -0.39 is 0 Å². The number of thioether (sulfide) groups is 1. The zero-order valence-electron chi connectivity index (χ0n) is 14.4. The van der Waals surface area contributed by atoms with Crippen LogP contribution in [0.3, 0.4) is 0 Å². The maximum absolute atomic E-state index is 12.0. The van der Waals surface area contributed by atoms with Crippen LogP contribution in [0.1, 0.15) is 11.3 Å². The summed E-state index contributed by atoms with van der Waals surface area (Å²) in [6, 6.07) is 17.5. The van der Waals surface area contributed by atoms with Gasteiger partial charge in [-0.05, 0) is 29.8 Å². The van der Waals surface area contributed by atoms with Crippen molar-refractivity contribution in [3.8, 4) is 5.75 Å². The van der Waals surface area contributed by atoms with Crippen LogP contribution in [0, 0.1) is 0 Å². The maximum atomic E-state index is 12.0. The van der Waals surface area contributed by atoms with Gasteiger partial charge in [0.1, 0.15) is 18.9 Å². The molecule has 0 bridgehead atoms. The summed E-state index contributed by atoms with van der Waals surface area (Å²) in [5, 5.41) is 8.07. The highest BCUT2D eigenvalue weighted by Gasteiger charge is 2.08. The number of benzene rings is 2. The van der Waals surface area contributed by atoms with Crippen molar-refractivity contribution in [2.45, 2.75) is 23.8 Å². The number of carbonyl (C=O) groups excluding carboxylic acids is 1. The Balaban J connectivity index is 1.44. The highest BCUT2D eigenvalue weighted by molar-refractivity contribution is 7.98. The number of nitrogens with zero attached hydrogens (tertiary/aromatic N) is 3. The molecule has 0 radical (unpaired) electrons. The van der Waals surface area contributed by atoms with Gasteiger partial charge in [0.2, 0.25) is 0 Å². The highest BCUT2D eigenvalue weighted by Crippen LogP contribution is 2.20. The number of methoxy groups -OCH3 is 1. The van der Waals surface area contributed by atoms with Crippen LogP contribution < -0.4 is 4.74 Å². The molecule has 0 saturated carbocycles. The van der Waals surface area contributed by atoms with Gasteiger partial charge in [0.25, 0.3) is 0 Å². The van der Waals surface area contributed by atoms with Gasteiger partial charge in [-0.2, -0.15) is 0 Å². The standard InChI is InChI=1S/C19H19N3O3S/c1-24-17-9-7-15(8-10-17)13-25-19(23)12-22-11-16(20-21-22)14-26-18-5-3-2-4-6-18/h2-11H,12-14H2,1H3. The van der Waals surface area contributed by atoms with Crippen LogP contribution in [0.2, 0.25) is 0 Å². The second-order valence-corrected chi connectivity index (χ2v) is 6.57. The molecule has 1 aromatic heterocycles. The minimum absolute atomic E-state index is 0.0408. The molecule has 0 amide bonds. The summed E-state index contributed by atoms with van der Waals surface area (Å²) in [4.78, 5) is 13.1. The quantitative estimate of drug-likeness (QED) is 0.448. The monoisotopic (exact) mass is 369 g/mol. The molecule has 0 aliphatic heterocycles. The van der Waals surface area contributed by atoms with Gasteiger partial charge in [0.15, 0.2) is 0 Å². The fraction of sp³-hybridized carbons (Fsp3) is 0.211. The van der Waals surface area contributed by atoms with Crippen molar-refractivity contribution >= 4 is 17.7 Å². The fourth-order valence-electron chi connectivity index (χ4n) is 2.22. The number of hydrogen-bond donors (Lipinski definition) is 0. The Hall–Kier alpha value is -2.80. The van der Waals surface area contributed by atoms with Crippen molar-refractivity contribution in [1.29, 1.82) is 0 Å². The van der Waals surface area contributed by atoms with Crippen molar-refractivity contribution in [3.63, 3.8) is 0 Å². The lowest BCUT2D eigenvalue weighted by atomic mass is 10.2. The molecule has 0 saturated heterocycles. The number of ether oxygens (including phenoxy) is 2. The molecule has 0 fully saturated rings. The smallest absolute Gasteiger partial charge is 0.328 e. The van der Waals surface area contributed by atoms with Crippen molar-refractivity contribution in [3.05, 3.63) is 72.1 Å². The summed E-state index contributed by atoms with van der Waals surface area (Å²) < 4.78 is 11.9. The molecule has 0 aliphatic rings. The molecule has 134 valence electrons. The molecule has 3 aromatic rings. The zero-order chi connectivity index (χ0) is 18.2. The molecule has 0 spiro atoms. The topological polar surface area (TPSA) is 66.2 Å². The van der Waals surface area contributed by atoms with Crippen LogP contribution in [0.25, 0.3) is 0 Å². The number of hydrogen-bond acceptors (Lipinski definition) is 6. The minimum atomic E-state index is -0.354. The van der Waals surface area contributed by atoms with Crippen LogP contribution in [0.15, 0.2) is 65.7 Å². The van der Waals surface area contributed by atoms with E-state index in [-0.39, 0.29) is 19.1 Å². The highest BCUT2D eigenvalue weighted by atomic mass is 32.2. The van der Waals surface area contributed by atoms with Gasteiger partial charge < -0.3 is 9.47 Å². The molecule has 0 unspecified atom stereocenters. The largest absolute Gasteiger partial charge is 0.497 e. The molecule has 7 heteroatoms. The third-order valence-corrected chi connectivity index (χ3v) is 4.61. The van der Waals surface area contributed by atoms with Gasteiger partial charge in [-0.3, -0.25) is 4.79 Å². The normalized spacial score (nSPS) is 10.5. The van der Waals surface area contributed by atoms with Gasteiger partial charge in [-0.25, -0.2) is 4.68 Å². The van der Waals surface area contributed by atoms with Crippen molar-refractivity contribution in [2.75, 3.05) is 7.11 Å². The minimum Gasteiger partial charge on any atom is -0.497 e. The number of esters is 1. The average Bonchev–Trinajstić information content (AvgIpc) is 3.13. The first kappa shape index (κ1) is 18.0. The summed E-state index contributed by atoms with van der Waals surface area (Å²) >= 11 is 1.67. The predicted octanol–water partition coefficient (Wildman–Crippen LogP) is 3.32. The summed E-state index contributed by atoms with van der Waals surface area (Å²) in [5.74, 6) is 1.11. The van der Waals surface area contributed by atoms with E-state index in [1.54, 1.807) is 25.1 Å². The third-order valence-electron chi connectivity index (χ3n) is 3.57. The van der Waals surface area contributed by atoms with E-state index in [1.165, 1.54) is 9.58 Å². The maximum Gasteiger partial charge on any atom is 0.328 e. The zero-order valence-corrected chi connectivity index (χ0v) is 15.2. The summed E-state index contributed by atoms with van der Waals surface area (Å²) in [5.41, 5.74) is 1.72. The number of aromatic nitrogens is 3. The lowest BCUT2D eigenvalue weighted by Crippen LogP contribution is -2.14. The van der Waals surface area contributed by atoms with E-state index in [4.69, 9.17) is 9.47 Å². The number of rotatable bonds is 8. The van der Waals surface area contributed by atoms with Crippen molar-refractivity contribution < 1.29 is 14.3 Å². The SMILES string of the molecule is COc1ccc(COC(=O)Cn2cc(CSc3ccccc3)nn2)cc1. The number of carbonyl (C=O) groups is 1. The van der Waals surface area contributed by atoms with Gasteiger partial charge >= 0.3 is 5.97 Å². The van der Waals surface area contributed by atoms with Crippen molar-refractivity contribution in [2.24, 2.45) is 0 Å². The average molecular weight is 369 g/mol. The lowest BCUT2D eigenvalue weighted by molar-refractivity contribution is -0.145. The predicted molar refractivity (Wildman–Crippen MR) is 98.8 cm³/mol. The van der Waals surface area contributed by atoms with Crippen LogP contribution in [0.4, 0.5) is 0 Å². The summed E-state index contributed by atoms with van der Waals surface area (Å²) in [7, 11) is 1.61. The Bertz CT molecular complexity index is 835. The molecular weight excluding hydrogens is 350 g/mol. The van der Waals surface area contributed by atoms with E-state index in [0.717, 1.165) is 17.0 Å². The van der Waals surface area contributed by atoms with E-state index in [0.29, 0.717) is 5.75 Å². The van der Waals surface area contributed by atoms with Crippen LogP contribution in [-0.2, 0) is 28.4 Å². The summed E-state index contributed by atoms with van der Waals surface area (Å²) in [6.45, 7) is 0.257. The third kappa shape index (κ3) is 5.35. The van der Waals surface area contributed by atoms with Gasteiger partial charge in [0.05, 0.1) is 12.8 Å². The summed E-state index contributed by atoms with van der Waals surface area (Å²) in [6.07, 6.45) is 1.77. The first-order valence-corrected chi connectivity index (χ1v) is 9.07. The van der Waals surface area contributed by atoms with E-state index in [1.807, 2.05) is 54.6 Å². The van der Waals surface area contributed by atoms with Crippen LogP contribution in [0.5, 0.6) is 5.75 Å². The van der Waals surface area contributed by atoms with Crippen LogP contribution >= 0.6 is 11.8 Å². The second-order valence-electron chi connectivity index (χ2n) is 5.52. The molecule has 6 nitrogen and oxygen atoms in total. The van der Waals surface area contributed by atoms with Gasteiger partial charge in [-0.1, -0.05) is 35.5 Å². The van der Waals surface area contributed by atoms with Gasteiger partial charge in [0, 0.05) is 16.8 Å². The molecule has 26 heavy (non-hydrogen) atoms. The molecule has 0 aliphatic carbocycles. The molecule has 3 rings (SSSR count). The molecule has 0 N–H and O–H groups in total. The Morgan fingerprint density at radius 1 is 1.12 bits per heavy atom. The molecular formula is C19H19N3O3S. The van der Waals surface area contributed by atoms with E-state index >= 15 is 0 Å². The van der Waals surface area contributed by atoms with E-state index in [9.17, 15) is 4.79 Å². The first-order chi connectivity index (χ1) is 12.7. The molecule has 0 atom stereocenters. The van der Waals surface area contributed by atoms with E-state index in [2.05, 4.69) is 10.3 Å². The van der Waals surface area contributed by atoms with Crippen LogP contribution in [-0.4, -0.2) is 28.1 Å². The Kier molecular flexibility index (Phi) is 6.27. The molecule has 2 aromatic carbocycles. The lowest BCUT2D eigenvalue weighted by Gasteiger charge is -2.05. The molecule has 1 heterocycles.